The molecule has 0 radical (unpaired) electrons. The van der Waals surface area contributed by atoms with Crippen LogP contribution < -0.4 is 4.72 Å². The first-order valence-electron chi connectivity index (χ1n) is 7.28. The summed E-state index contributed by atoms with van der Waals surface area (Å²) in [4.78, 5) is 3.74. The number of imidazole rings is 1. The third-order valence-electron chi connectivity index (χ3n) is 4.51. The lowest BCUT2D eigenvalue weighted by Gasteiger charge is -2.36. The van der Waals surface area contributed by atoms with Crippen molar-refractivity contribution in [3.05, 3.63) is 18.2 Å². The van der Waals surface area contributed by atoms with E-state index in [1.165, 1.54) is 12.6 Å². The molecule has 0 aromatic carbocycles. The summed E-state index contributed by atoms with van der Waals surface area (Å²) in [5, 5.41) is 0. The lowest BCUT2D eigenvalue weighted by molar-refractivity contribution is 0.0668. The van der Waals surface area contributed by atoms with Gasteiger partial charge in [-0.25, -0.2) is 18.1 Å². The Balaban J connectivity index is 1.54. The summed E-state index contributed by atoms with van der Waals surface area (Å²) in [6, 6.07) is 0. The van der Waals surface area contributed by atoms with Gasteiger partial charge in [0, 0.05) is 12.4 Å². The molecule has 1 aliphatic heterocycles. The largest absolute Gasteiger partial charge is 0.377 e. The number of nitrogens with zero attached hydrogens (tertiary/aromatic N) is 2. The van der Waals surface area contributed by atoms with Crippen LogP contribution in [0.3, 0.4) is 0 Å². The van der Waals surface area contributed by atoms with Gasteiger partial charge < -0.3 is 4.74 Å². The van der Waals surface area contributed by atoms with Crippen LogP contribution >= 0.6 is 0 Å². The summed E-state index contributed by atoms with van der Waals surface area (Å²) >= 11 is 0. The maximum absolute atomic E-state index is 12.7. The van der Waals surface area contributed by atoms with Crippen LogP contribution in [0.25, 0.3) is 0 Å². The van der Waals surface area contributed by atoms with Crippen LogP contribution in [0.4, 0.5) is 8.78 Å². The number of rotatable bonds is 6. The SMILES string of the molecule is O=S(=O)(C[C@H]1CC2(CCC2)CO1)NCc1nccn1C(F)F. The van der Waals surface area contributed by atoms with E-state index >= 15 is 0 Å². The average Bonchev–Trinajstić information content (AvgIpc) is 3.01. The van der Waals surface area contributed by atoms with E-state index in [2.05, 4.69) is 9.71 Å². The molecule has 0 amide bonds. The van der Waals surface area contributed by atoms with Crippen LogP contribution in [0.2, 0.25) is 0 Å². The molecule has 1 saturated carbocycles. The molecular weight excluding hydrogens is 316 g/mol. The third-order valence-corrected chi connectivity index (χ3v) is 5.91. The fourth-order valence-electron chi connectivity index (χ4n) is 3.16. The van der Waals surface area contributed by atoms with Gasteiger partial charge in [-0.3, -0.25) is 4.57 Å². The van der Waals surface area contributed by atoms with Crippen LogP contribution in [0.5, 0.6) is 0 Å². The zero-order valence-corrected chi connectivity index (χ0v) is 12.9. The van der Waals surface area contributed by atoms with Gasteiger partial charge in [0.05, 0.1) is 25.0 Å². The molecule has 6 nitrogen and oxygen atoms in total. The van der Waals surface area contributed by atoms with E-state index in [4.69, 9.17) is 4.74 Å². The average molecular weight is 335 g/mol. The van der Waals surface area contributed by atoms with E-state index in [-0.39, 0.29) is 29.6 Å². The molecule has 1 aromatic heterocycles. The summed E-state index contributed by atoms with van der Waals surface area (Å²) in [6.45, 7) is -2.36. The first kappa shape index (κ1) is 15.8. The fourth-order valence-corrected chi connectivity index (χ4v) is 4.33. The molecule has 0 unspecified atom stereocenters. The zero-order chi connectivity index (χ0) is 15.8. The van der Waals surface area contributed by atoms with Crippen molar-refractivity contribution in [1.29, 1.82) is 0 Å². The van der Waals surface area contributed by atoms with E-state index in [0.717, 1.165) is 25.5 Å². The highest BCUT2D eigenvalue weighted by Gasteiger charge is 2.45. The van der Waals surface area contributed by atoms with E-state index in [0.29, 0.717) is 11.2 Å². The minimum atomic E-state index is -3.59. The van der Waals surface area contributed by atoms with Crippen molar-refractivity contribution in [2.45, 2.75) is 44.9 Å². The summed E-state index contributed by atoms with van der Waals surface area (Å²) in [7, 11) is -3.59. The smallest absolute Gasteiger partial charge is 0.319 e. The Hall–Kier alpha value is -1.06. The summed E-state index contributed by atoms with van der Waals surface area (Å²) < 4.78 is 58.0. The molecule has 2 fully saturated rings. The quantitative estimate of drug-likeness (QED) is 0.858. The number of halogens is 2. The normalized spacial score (nSPS) is 24.0. The summed E-state index contributed by atoms with van der Waals surface area (Å²) in [5.74, 6) is -0.147. The van der Waals surface area contributed by atoms with Gasteiger partial charge in [-0.15, -0.1) is 0 Å². The Labute approximate surface area is 127 Å². The lowest BCUT2D eigenvalue weighted by atomic mass is 9.68. The van der Waals surface area contributed by atoms with Gasteiger partial charge in [0.1, 0.15) is 5.82 Å². The van der Waals surface area contributed by atoms with Crippen molar-refractivity contribution in [2.75, 3.05) is 12.4 Å². The third kappa shape index (κ3) is 3.31. The van der Waals surface area contributed by atoms with Crippen LogP contribution in [-0.4, -0.2) is 36.4 Å². The first-order chi connectivity index (χ1) is 10.4. The Morgan fingerprint density at radius 1 is 1.50 bits per heavy atom. The molecule has 0 bridgehead atoms. The van der Waals surface area contributed by atoms with Gasteiger partial charge in [-0.1, -0.05) is 6.42 Å². The van der Waals surface area contributed by atoms with Gasteiger partial charge in [-0.05, 0) is 24.7 Å². The highest BCUT2D eigenvalue weighted by atomic mass is 32.2. The molecule has 9 heteroatoms. The standard InChI is InChI=1S/C13H19F2N3O3S/c14-12(15)18-5-4-16-11(18)7-17-22(19,20)8-10-6-13(9-21-10)2-1-3-13/h4-5,10,12,17H,1-3,6-9H2/t10-/m1/s1. The first-order valence-corrected chi connectivity index (χ1v) is 8.93. The van der Waals surface area contributed by atoms with Crippen LogP contribution in [-0.2, 0) is 21.3 Å². The van der Waals surface area contributed by atoms with Gasteiger partial charge in [0.2, 0.25) is 10.0 Å². The Bertz CT molecular complexity index is 628. The number of nitrogens with one attached hydrogen (secondary N) is 1. The summed E-state index contributed by atoms with van der Waals surface area (Å²) in [5.41, 5.74) is 0.187. The Kier molecular flexibility index (Phi) is 4.21. The predicted molar refractivity (Wildman–Crippen MR) is 74.7 cm³/mol. The van der Waals surface area contributed by atoms with E-state index in [9.17, 15) is 17.2 Å². The second-order valence-corrected chi connectivity index (χ2v) is 7.97. The van der Waals surface area contributed by atoms with E-state index in [1.807, 2.05) is 0 Å². The van der Waals surface area contributed by atoms with Crippen LogP contribution in [0.1, 0.15) is 38.1 Å². The minimum Gasteiger partial charge on any atom is -0.377 e. The van der Waals surface area contributed by atoms with Crippen LogP contribution in [0.15, 0.2) is 12.4 Å². The molecule has 124 valence electrons. The van der Waals surface area contributed by atoms with Crippen molar-refractivity contribution in [3.63, 3.8) is 0 Å². The predicted octanol–water partition coefficient (Wildman–Crippen LogP) is 1.66. The van der Waals surface area contributed by atoms with E-state index in [1.54, 1.807) is 0 Å². The van der Waals surface area contributed by atoms with Crippen molar-refractivity contribution < 1.29 is 21.9 Å². The number of ether oxygens (including phenoxy) is 1. The molecule has 1 spiro atoms. The molecular formula is C13H19F2N3O3S. The molecule has 1 aliphatic carbocycles. The molecule has 1 N–H and O–H groups in total. The van der Waals surface area contributed by atoms with E-state index < -0.39 is 16.6 Å². The maximum atomic E-state index is 12.7. The number of hydrogen-bond acceptors (Lipinski definition) is 4. The Morgan fingerprint density at radius 3 is 2.86 bits per heavy atom. The molecule has 3 rings (SSSR count). The molecule has 2 aliphatic rings. The molecule has 2 heterocycles. The minimum absolute atomic E-state index is 0.0126. The zero-order valence-electron chi connectivity index (χ0n) is 12.0. The van der Waals surface area contributed by atoms with Gasteiger partial charge in [-0.2, -0.15) is 8.78 Å². The summed E-state index contributed by atoms with van der Waals surface area (Å²) in [6.07, 6.45) is 6.17. The second kappa shape index (κ2) is 5.86. The number of sulfonamides is 1. The Morgan fingerprint density at radius 2 is 2.27 bits per heavy atom. The van der Waals surface area contributed by atoms with Gasteiger partial charge >= 0.3 is 6.55 Å². The highest BCUT2D eigenvalue weighted by Crippen LogP contribution is 2.49. The number of hydrogen-bond donors (Lipinski definition) is 1. The second-order valence-electron chi connectivity index (χ2n) is 6.12. The van der Waals surface area contributed by atoms with Crippen molar-refractivity contribution in [2.24, 2.45) is 5.41 Å². The molecule has 1 saturated heterocycles. The van der Waals surface area contributed by atoms with Crippen molar-refractivity contribution in [1.82, 2.24) is 14.3 Å². The van der Waals surface area contributed by atoms with Crippen molar-refractivity contribution >= 4 is 10.0 Å². The number of alkyl halides is 2. The van der Waals surface area contributed by atoms with Gasteiger partial charge in [0.15, 0.2) is 0 Å². The molecule has 1 aromatic rings. The maximum Gasteiger partial charge on any atom is 0.319 e. The van der Waals surface area contributed by atoms with Crippen molar-refractivity contribution in [3.8, 4) is 0 Å². The molecule has 1 atom stereocenters. The van der Waals surface area contributed by atoms with Crippen LogP contribution in [0, 0.1) is 5.41 Å². The monoisotopic (exact) mass is 335 g/mol. The molecule has 22 heavy (non-hydrogen) atoms. The lowest BCUT2D eigenvalue weighted by Crippen LogP contribution is -2.34. The van der Waals surface area contributed by atoms with Gasteiger partial charge in [0.25, 0.3) is 0 Å². The number of aromatic nitrogens is 2. The topological polar surface area (TPSA) is 73.2 Å². The fraction of sp³-hybridized carbons (Fsp3) is 0.769. The highest BCUT2D eigenvalue weighted by molar-refractivity contribution is 7.89.